The van der Waals surface area contributed by atoms with E-state index in [1.165, 1.54) is 0 Å². The maximum absolute atomic E-state index is 12.9. The van der Waals surface area contributed by atoms with Crippen LogP contribution in [-0.4, -0.2) is 37.6 Å². The molecule has 0 radical (unpaired) electrons. The zero-order valence-electron chi connectivity index (χ0n) is 15.8. The van der Waals surface area contributed by atoms with Gasteiger partial charge in [-0.2, -0.15) is 0 Å². The van der Waals surface area contributed by atoms with Crippen LogP contribution in [-0.2, 0) is 0 Å². The van der Waals surface area contributed by atoms with E-state index in [0.717, 1.165) is 35.5 Å². The summed E-state index contributed by atoms with van der Waals surface area (Å²) in [5.74, 6) is 1.47. The quantitative estimate of drug-likeness (QED) is 0.700. The predicted octanol–water partition coefficient (Wildman–Crippen LogP) is 3.33. The molecule has 1 amide bonds. The third-order valence-corrected chi connectivity index (χ3v) is 4.84. The molecule has 4 rings (SSSR count). The van der Waals surface area contributed by atoms with Crippen LogP contribution >= 0.6 is 0 Å². The van der Waals surface area contributed by atoms with E-state index in [1.54, 1.807) is 17.9 Å². The smallest absolute Gasteiger partial charge is 0.293 e. The summed E-state index contributed by atoms with van der Waals surface area (Å²) < 4.78 is 10.4. The predicted molar refractivity (Wildman–Crippen MR) is 96.0 cm³/mol. The van der Waals surface area contributed by atoms with Crippen LogP contribution in [0.5, 0.6) is 0 Å². The Bertz CT molecular complexity index is 987. The summed E-state index contributed by atoms with van der Waals surface area (Å²) in [5, 5.41) is 7.84. The van der Waals surface area contributed by atoms with Crippen LogP contribution < -0.4 is 0 Å². The summed E-state index contributed by atoms with van der Waals surface area (Å²) in [6.07, 6.45) is 1.75. The maximum Gasteiger partial charge on any atom is 0.293 e. The van der Waals surface area contributed by atoms with Gasteiger partial charge in [-0.05, 0) is 46.6 Å². The normalized spacial score (nSPS) is 16.9. The number of hydrogen-bond acceptors (Lipinski definition) is 7. The van der Waals surface area contributed by atoms with Gasteiger partial charge >= 0.3 is 0 Å². The van der Waals surface area contributed by atoms with Crippen molar-refractivity contribution in [3.63, 3.8) is 0 Å². The zero-order valence-corrected chi connectivity index (χ0v) is 15.8. The minimum Gasteiger partial charge on any atom is -0.361 e. The summed E-state index contributed by atoms with van der Waals surface area (Å²) in [5.41, 5.74) is 3.94. The van der Waals surface area contributed by atoms with Crippen LogP contribution in [0.2, 0.25) is 0 Å². The molecule has 8 nitrogen and oxygen atoms in total. The fourth-order valence-corrected chi connectivity index (χ4v) is 3.66. The molecule has 0 aliphatic carbocycles. The van der Waals surface area contributed by atoms with Crippen molar-refractivity contribution >= 4 is 5.91 Å². The SMILES string of the molecule is Cc1cc(C(=O)N2CCC[C@H]2c2cc(-c3c(C)noc3C)nc(C)n2)on1. The molecule has 3 aromatic heterocycles. The van der Waals surface area contributed by atoms with Gasteiger partial charge in [0.15, 0.2) is 0 Å². The average molecular weight is 367 g/mol. The molecule has 0 saturated carbocycles. The highest BCUT2D eigenvalue weighted by Crippen LogP contribution is 2.34. The van der Waals surface area contributed by atoms with Gasteiger partial charge in [0.05, 0.1) is 34.4 Å². The molecule has 1 aliphatic rings. The standard InChI is InChI=1S/C19H21N5O3/c1-10-8-17(27-22-10)19(25)24-7-5-6-16(24)14-9-15(21-13(4)20-14)18-11(2)23-26-12(18)3/h8-9,16H,5-7H2,1-4H3/t16-/m0/s1. The molecular formula is C19H21N5O3. The van der Waals surface area contributed by atoms with Crippen molar-refractivity contribution in [2.45, 2.75) is 46.6 Å². The molecule has 0 spiro atoms. The summed E-state index contributed by atoms with van der Waals surface area (Å²) >= 11 is 0. The summed E-state index contributed by atoms with van der Waals surface area (Å²) in [7, 11) is 0. The summed E-state index contributed by atoms with van der Waals surface area (Å²) in [6.45, 7) is 8.06. The number of carbonyl (C=O) groups excluding carboxylic acids is 1. The molecule has 0 aromatic carbocycles. The molecule has 4 heterocycles. The van der Waals surface area contributed by atoms with Crippen molar-refractivity contribution in [3.8, 4) is 11.3 Å². The van der Waals surface area contributed by atoms with E-state index < -0.39 is 0 Å². The largest absolute Gasteiger partial charge is 0.361 e. The van der Waals surface area contributed by atoms with Crippen LogP contribution in [0, 0.1) is 27.7 Å². The lowest BCUT2D eigenvalue weighted by atomic mass is 10.1. The number of rotatable bonds is 3. The van der Waals surface area contributed by atoms with Crippen LogP contribution in [0.15, 0.2) is 21.2 Å². The van der Waals surface area contributed by atoms with Gasteiger partial charge < -0.3 is 13.9 Å². The first-order valence-corrected chi connectivity index (χ1v) is 8.97. The van der Waals surface area contributed by atoms with Gasteiger partial charge in [-0.1, -0.05) is 10.3 Å². The molecular weight excluding hydrogens is 346 g/mol. The third-order valence-electron chi connectivity index (χ3n) is 4.84. The third kappa shape index (κ3) is 3.11. The lowest BCUT2D eigenvalue weighted by molar-refractivity contribution is 0.0690. The van der Waals surface area contributed by atoms with Crippen LogP contribution in [0.3, 0.4) is 0 Å². The van der Waals surface area contributed by atoms with Gasteiger partial charge in [0.2, 0.25) is 5.76 Å². The molecule has 1 saturated heterocycles. The molecule has 3 aromatic rings. The second-order valence-corrected chi connectivity index (χ2v) is 6.91. The molecule has 1 fully saturated rings. The van der Waals surface area contributed by atoms with Crippen LogP contribution in [0.1, 0.15) is 58.1 Å². The molecule has 8 heteroatoms. The minimum absolute atomic E-state index is 0.121. The van der Waals surface area contributed by atoms with Gasteiger partial charge in [0.25, 0.3) is 5.91 Å². The average Bonchev–Trinajstić information content (AvgIpc) is 3.34. The lowest BCUT2D eigenvalue weighted by Gasteiger charge is -2.23. The second kappa shape index (κ2) is 6.61. The van der Waals surface area contributed by atoms with Crippen molar-refractivity contribution in [3.05, 3.63) is 46.6 Å². The first-order chi connectivity index (χ1) is 12.9. The Morgan fingerprint density at radius 1 is 1.11 bits per heavy atom. The Morgan fingerprint density at radius 3 is 2.59 bits per heavy atom. The van der Waals surface area contributed by atoms with Gasteiger partial charge in [-0.25, -0.2) is 9.97 Å². The van der Waals surface area contributed by atoms with E-state index in [4.69, 9.17) is 9.05 Å². The number of nitrogens with zero attached hydrogens (tertiary/aromatic N) is 5. The lowest BCUT2D eigenvalue weighted by Crippen LogP contribution is -2.31. The Hall–Kier alpha value is -3.03. The van der Waals surface area contributed by atoms with Crippen molar-refractivity contribution < 1.29 is 13.8 Å². The number of likely N-dealkylation sites (tertiary alicyclic amines) is 1. The van der Waals surface area contributed by atoms with E-state index >= 15 is 0 Å². The number of aryl methyl sites for hydroxylation is 4. The van der Waals surface area contributed by atoms with Crippen LogP contribution in [0.4, 0.5) is 0 Å². The van der Waals surface area contributed by atoms with E-state index in [2.05, 4.69) is 20.3 Å². The number of amides is 1. The molecule has 27 heavy (non-hydrogen) atoms. The molecule has 0 bridgehead atoms. The molecule has 0 unspecified atom stereocenters. The Morgan fingerprint density at radius 2 is 1.93 bits per heavy atom. The highest BCUT2D eigenvalue weighted by atomic mass is 16.5. The van der Waals surface area contributed by atoms with Crippen molar-refractivity contribution in [1.29, 1.82) is 0 Å². The molecule has 0 N–H and O–H groups in total. The fraction of sp³-hybridized carbons (Fsp3) is 0.421. The number of aromatic nitrogens is 4. The number of hydrogen-bond donors (Lipinski definition) is 0. The fourth-order valence-electron chi connectivity index (χ4n) is 3.66. The Balaban J connectivity index is 1.71. The van der Waals surface area contributed by atoms with Crippen molar-refractivity contribution in [2.75, 3.05) is 6.54 Å². The van der Waals surface area contributed by atoms with E-state index in [-0.39, 0.29) is 17.7 Å². The Labute approximate surface area is 156 Å². The summed E-state index contributed by atoms with van der Waals surface area (Å²) in [6, 6.07) is 3.48. The van der Waals surface area contributed by atoms with Gasteiger partial charge in [-0.15, -0.1) is 0 Å². The zero-order chi connectivity index (χ0) is 19.1. The minimum atomic E-state index is -0.159. The van der Waals surface area contributed by atoms with Gasteiger partial charge in [0, 0.05) is 12.6 Å². The van der Waals surface area contributed by atoms with Crippen LogP contribution in [0.25, 0.3) is 11.3 Å². The van der Waals surface area contributed by atoms with E-state index in [0.29, 0.717) is 23.8 Å². The summed E-state index contributed by atoms with van der Waals surface area (Å²) in [4.78, 5) is 23.9. The number of carbonyl (C=O) groups is 1. The molecule has 1 atom stereocenters. The first kappa shape index (κ1) is 17.4. The van der Waals surface area contributed by atoms with Gasteiger partial charge in [0.1, 0.15) is 11.6 Å². The monoisotopic (exact) mass is 367 g/mol. The molecule has 1 aliphatic heterocycles. The second-order valence-electron chi connectivity index (χ2n) is 6.91. The topological polar surface area (TPSA) is 98.2 Å². The highest BCUT2D eigenvalue weighted by molar-refractivity contribution is 5.92. The van der Waals surface area contributed by atoms with Gasteiger partial charge in [-0.3, -0.25) is 4.79 Å². The molecule has 140 valence electrons. The highest BCUT2D eigenvalue weighted by Gasteiger charge is 2.34. The van der Waals surface area contributed by atoms with Crippen molar-refractivity contribution in [2.24, 2.45) is 0 Å². The first-order valence-electron chi connectivity index (χ1n) is 8.97. The van der Waals surface area contributed by atoms with E-state index in [1.807, 2.05) is 26.8 Å². The van der Waals surface area contributed by atoms with E-state index in [9.17, 15) is 4.79 Å². The van der Waals surface area contributed by atoms with Crippen molar-refractivity contribution in [1.82, 2.24) is 25.2 Å². The maximum atomic E-state index is 12.9. The Kier molecular flexibility index (Phi) is 4.25.